The van der Waals surface area contributed by atoms with Crippen LogP contribution in [-0.4, -0.2) is 29.7 Å². The van der Waals surface area contributed by atoms with Crippen LogP contribution in [0.25, 0.3) is 0 Å². The highest BCUT2D eigenvalue weighted by Crippen LogP contribution is 2.11. The average Bonchev–Trinajstić information content (AvgIpc) is 2.22. The summed E-state index contributed by atoms with van der Waals surface area (Å²) in [5.74, 6) is 1.26. The molecule has 0 bridgehead atoms. The summed E-state index contributed by atoms with van der Waals surface area (Å²) in [5, 5.41) is 0.764. The highest BCUT2D eigenvalue weighted by molar-refractivity contribution is 6.30. The van der Waals surface area contributed by atoms with Gasteiger partial charge in [0.05, 0.1) is 0 Å². The summed E-state index contributed by atoms with van der Waals surface area (Å²) in [6.07, 6.45) is 0. The molecule has 0 saturated heterocycles. The molecule has 0 heterocycles. The largest absolute Gasteiger partial charge is 0.297 e. The maximum atomic E-state index is 5.81. The van der Waals surface area contributed by atoms with E-state index in [1.807, 2.05) is 24.3 Å². The lowest BCUT2D eigenvalue weighted by Gasteiger charge is -2.19. The van der Waals surface area contributed by atoms with Crippen molar-refractivity contribution >= 4 is 34.8 Å². The first-order valence-electron chi connectivity index (χ1n) is 4.85. The highest BCUT2D eigenvalue weighted by atomic mass is 35.5. The molecule has 0 atom stereocenters. The maximum absolute atomic E-state index is 5.81. The predicted molar refractivity (Wildman–Crippen MR) is 68.2 cm³/mol. The average molecular weight is 267 g/mol. The Kier molecular flexibility index (Phi) is 6.42. The van der Waals surface area contributed by atoms with Gasteiger partial charge in [0.15, 0.2) is 0 Å². The zero-order valence-corrected chi connectivity index (χ0v) is 10.7. The monoisotopic (exact) mass is 265 g/mol. The van der Waals surface area contributed by atoms with E-state index in [4.69, 9.17) is 34.8 Å². The Balaban J connectivity index is 2.53. The Bertz CT molecular complexity index is 268. The van der Waals surface area contributed by atoms with Crippen LogP contribution in [0.3, 0.4) is 0 Å². The minimum absolute atomic E-state index is 0.629. The van der Waals surface area contributed by atoms with Gasteiger partial charge in [0, 0.05) is 36.4 Å². The summed E-state index contributed by atoms with van der Waals surface area (Å²) >= 11 is 17.2. The number of nitrogens with zero attached hydrogens (tertiary/aromatic N) is 1. The highest BCUT2D eigenvalue weighted by Gasteiger charge is 2.04. The van der Waals surface area contributed by atoms with Gasteiger partial charge in [-0.15, -0.1) is 23.2 Å². The number of hydrogen-bond acceptors (Lipinski definition) is 1. The number of rotatable bonds is 6. The smallest absolute Gasteiger partial charge is 0.0406 e. The van der Waals surface area contributed by atoms with Crippen LogP contribution < -0.4 is 0 Å². The molecule has 0 radical (unpaired) electrons. The molecule has 0 aromatic heterocycles. The minimum atomic E-state index is 0.629. The van der Waals surface area contributed by atoms with Crippen molar-refractivity contribution in [1.82, 2.24) is 4.90 Å². The van der Waals surface area contributed by atoms with E-state index in [1.165, 1.54) is 5.56 Å². The van der Waals surface area contributed by atoms with E-state index >= 15 is 0 Å². The van der Waals surface area contributed by atoms with Crippen molar-refractivity contribution in [2.24, 2.45) is 0 Å². The van der Waals surface area contributed by atoms with Gasteiger partial charge in [-0.25, -0.2) is 0 Å². The molecule has 0 aliphatic carbocycles. The van der Waals surface area contributed by atoms with Crippen LogP contribution in [0.5, 0.6) is 0 Å². The normalized spacial score (nSPS) is 10.9. The second-order valence-corrected chi connectivity index (χ2v) is 4.47. The SMILES string of the molecule is ClCCN(CCCl)Cc1ccc(Cl)cc1. The lowest BCUT2D eigenvalue weighted by Crippen LogP contribution is -2.27. The van der Waals surface area contributed by atoms with Crippen molar-refractivity contribution in [3.8, 4) is 0 Å². The second-order valence-electron chi connectivity index (χ2n) is 3.28. The van der Waals surface area contributed by atoms with Crippen LogP contribution in [-0.2, 0) is 6.54 Å². The van der Waals surface area contributed by atoms with Crippen LogP contribution >= 0.6 is 34.8 Å². The molecule has 0 fully saturated rings. The Morgan fingerprint density at radius 1 is 0.933 bits per heavy atom. The molecular formula is C11H14Cl3N. The fraction of sp³-hybridized carbons (Fsp3) is 0.455. The van der Waals surface area contributed by atoms with Gasteiger partial charge in [-0.3, -0.25) is 4.90 Å². The Morgan fingerprint density at radius 2 is 1.47 bits per heavy atom. The quantitative estimate of drug-likeness (QED) is 0.711. The summed E-state index contributed by atoms with van der Waals surface area (Å²) < 4.78 is 0. The van der Waals surface area contributed by atoms with Crippen molar-refractivity contribution in [3.05, 3.63) is 34.9 Å². The molecule has 0 unspecified atom stereocenters. The van der Waals surface area contributed by atoms with Crippen LogP contribution in [0.2, 0.25) is 5.02 Å². The molecule has 0 aliphatic heterocycles. The van der Waals surface area contributed by atoms with Crippen molar-refractivity contribution in [3.63, 3.8) is 0 Å². The third-order valence-corrected chi connectivity index (χ3v) is 2.71. The summed E-state index contributed by atoms with van der Waals surface area (Å²) in [6, 6.07) is 7.85. The molecule has 1 aromatic carbocycles. The van der Waals surface area contributed by atoms with E-state index in [-0.39, 0.29) is 0 Å². The molecule has 15 heavy (non-hydrogen) atoms. The summed E-state index contributed by atoms with van der Waals surface area (Å²) in [6.45, 7) is 2.59. The predicted octanol–water partition coefficient (Wildman–Crippen LogP) is 3.62. The van der Waals surface area contributed by atoms with Crippen LogP contribution in [0, 0.1) is 0 Å². The zero-order valence-electron chi connectivity index (χ0n) is 8.43. The molecule has 1 aromatic rings. The van der Waals surface area contributed by atoms with Gasteiger partial charge in [0.1, 0.15) is 0 Å². The van der Waals surface area contributed by atoms with E-state index in [2.05, 4.69) is 4.90 Å². The van der Waals surface area contributed by atoms with Crippen LogP contribution in [0.4, 0.5) is 0 Å². The van der Waals surface area contributed by atoms with Crippen molar-refractivity contribution in [1.29, 1.82) is 0 Å². The number of benzene rings is 1. The van der Waals surface area contributed by atoms with Gasteiger partial charge in [-0.1, -0.05) is 23.7 Å². The summed E-state index contributed by atoms with van der Waals surface area (Å²) in [7, 11) is 0. The van der Waals surface area contributed by atoms with Gasteiger partial charge in [0.25, 0.3) is 0 Å². The van der Waals surface area contributed by atoms with E-state index in [0.29, 0.717) is 11.8 Å². The van der Waals surface area contributed by atoms with Gasteiger partial charge < -0.3 is 0 Å². The molecule has 84 valence electrons. The molecule has 0 saturated carbocycles. The third kappa shape index (κ3) is 5.07. The summed E-state index contributed by atoms with van der Waals surface area (Å²) in [4.78, 5) is 2.23. The van der Waals surface area contributed by atoms with Gasteiger partial charge in [0.2, 0.25) is 0 Å². The fourth-order valence-electron chi connectivity index (χ4n) is 1.36. The lowest BCUT2D eigenvalue weighted by molar-refractivity contribution is 0.299. The Morgan fingerprint density at radius 3 is 1.93 bits per heavy atom. The van der Waals surface area contributed by atoms with Crippen molar-refractivity contribution in [2.75, 3.05) is 24.8 Å². The number of hydrogen-bond donors (Lipinski definition) is 0. The van der Waals surface area contributed by atoms with Gasteiger partial charge >= 0.3 is 0 Å². The first-order valence-corrected chi connectivity index (χ1v) is 6.29. The van der Waals surface area contributed by atoms with E-state index in [1.54, 1.807) is 0 Å². The molecule has 1 nitrogen and oxygen atoms in total. The number of halogens is 3. The zero-order chi connectivity index (χ0) is 11.1. The minimum Gasteiger partial charge on any atom is -0.297 e. The first kappa shape index (κ1) is 13.1. The lowest BCUT2D eigenvalue weighted by atomic mass is 10.2. The molecule has 0 N–H and O–H groups in total. The van der Waals surface area contributed by atoms with Crippen molar-refractivity contribution in [2.45, 2.75) is 6.54 Å². The first-order chi connectivity index (χ1) is 7.26. The van der Waals surface area contributed by atoms with Gasteiger partial charge in [-0.05, 0) is 17.7 Å². The molecule has 1 rings (SSSR count). The molecule has 0 spiro atoms. The second kappa shape index (κ2) is 7.34. The third-order valence-electron chi connectivity index (χ3n) is 2.12. The standard InChI is InChI=1S/C11H14Cl3N/c12-5-7-15(8-6-13)9-10-1-3-11(14)4-2-10/h1-4H,5-9H2. The fourth-order valence-corrected chi connectivity index (χ4v) is 1.96. The topological polar surface area (TPSA) is 3.24 Å². The molecule has 0 aliphatic rings. The molecule has 0 amide bonds. The van der Waals surface area contributed by atoms with E-state index < -0.39 is 0 Å². The van der Waals surface area contributed by atoms with E-state index in [9.17, 15) is 0 Å². The summed E-state index contributed by atoms with van der Waals surface area (Å²) in [5.41, 5.74) is 1.23. The number of alkyl halides is 2. The molecular weight excluding hydrogens is 252 g/mol. The van der Waals surface area contributed by atoms with Crippen LogP contribution in [0.1, 0.15) is 5.56 Å². The Labute approximate surface area is 106 Å². The van der Waals surface area contributed by atoms with E-state index in [0.717, 1.165) is 24.7 Å². The Hall–Kier alpha value is 0.0500. The van der Waals surface area contributed by atoms with Crippen LogP contribution in [0.15, 0.2) is 24.3 Å². The molecule has 4 heteroatoms. The van der Waals surface area contributed by atoms with Crippen molar-refractivity contribution < 1.29 is 0 Å². The maximum Gasteiger partial charge on any atom is 0.0406 e. The van der Waals surface area contributed by atoms with Gasteiger partial charge in [-0.2, -0.15) is 0 Å².